The van der Waals surface area contributed by atoms with Crippen LogP contribution < -0.4 is 5.73 Å². The van der Waals surface area contributed by atoms with Crippen LogP contribution in [0.3, 0.4) is 0 Å². The first-order valence-corrected chi connectivity index (χ1v) is 6.42. The minimum absolute atomic E-state index is 0.460. The summed E-state index contributed by atoms with van der Waals surface area (Å²) in [4.78, 5) is 0. The standard InChI is InChI=1S/C13H25NO/c1-10(5-6-15-2)13(9-14)8-11-3-4-12(13)7-11/h10-12H,3-9,14H2,1-2H3. The van der Waals surface area contributed by atoms with E-state index in [4.69, 9.17) is 10.5 Å². The lowest BCUT2D eigenvalue weighted by Gasteiger charge is -2.42. The van der Waals surface area contributed by atoms with Gasteiger partial charge in [0.1, 0.15) is 0 Å². The van der Waals surface area contributed by atoms with Crippen molar-refractivity contribution in [1.82, 2.24) is 0 Å². The van der Waals surface area contributed by atoms with Crippen LogP contribution in [0.15, 0.2) is 0 Å². The zero-order chi connectivity index (χ0) is 10.9. The molecular formula is C13H25NO. The summed E-state index contributed by atoms with van der Waals surface area (Å²) in [7, 11) is 1.79. The SMILES string of the molecule is COCCC(C)C1(CN)CC2CCC1C2. The van der Waals surface area contributed by atoms with Crippen LogP contribution in [0.4, 0.5) is 0 Å². The van der Waals surface area contributed by atoms with E-state index in [9.17, 15) is 0 Å². The molecule has 4 unspecified atom stereocenters. The van der Waals surface area contributed by atoms with Crippen LogP contribution in [0.2, 0.25) is 0 Å². The Morgan fingerprint density at radius 1 is 1.47 bits per heavy atom. The quantitative estimate of drug-likeness (QED) is 0.758. The van der Waals surface area contributed by atoms with E-state index in [0.29, 0.717) is 5.41 Å². The van der Waals surface area contributed by atoms with Crippen molar-refractivity contribution in [3.8, 4) is 0 Å². The number of fused-ring (bicyclic) bond motifs is 2. The van der Waals surface area contributed by atoms with Crippen LogP contribution >= 0.6 is 0 Å². The van der Waals surface area contributed by atoms with Gasteiger partial charge in [0.15, 0.2) is 0 Å². The first-order valence-electron chi connectivity index (χ1n) is 6.42. The molecule has 2 fully saturated rings. The predicted molar refractivity (Wildman–Crippen MR) is 62.6 cm³/mol. The van der Waals surface area contributed by atoms with Gasteiger partial charge in [0.25, 0.3) is 0 Å². The largest absolute Gasteiger partial charge is 0.385 e. The Labute approximate surface area is 93.6 Å². The molecule has 2 N–H and O–H groups in total. The van der Waals surface area contributed by atoms with Gasteiger partial charge >= 0.3 is 0 Å². The van der Waals surface area contributed by atoms with Crippen LogP contribution in [-0.4, -0.2) is 20.3 Å². The van der Waals surface area contributed by atoms with Gasteiger partial charge in [-0.15, -0.1) is 0 Å². The summed E-state index contributed by atoms with van der Waals surface area (Å²) in [5.41, 5.74) is 6.55. The van der Waals surface area contributed by atoms with Crippen molar-refractivity contribution in [1.29, 1.82) is 0 Å². The Bertz CT molecular complexity index is 219. The molecule has 15 heavy (non-hydrogen) atoms. The molecule has 2 rings (SSSR count). The van der Waals surface area contributed by atoms with Gasteiger partial charge in [-0.3, -0.25) is 0 Å². The molecule has 88 valence electrons. The monoisotopic (exact) mass is 211 g/mol. The van der Waals surface area contributed by atoms with Crippen molar-refractivity contribution < 1.29 is 4.74 Å². The lowest BCUT2D eigenvalue weighted by atomic mass is 9.64. The highest BCUT2D eigenvalue weighted by Crippen LogP contribution is 2.59. The molecule has 0 aromatic heterocycles. The zero-order valence-corrected chi connectivity index (χ0v) is 10.2. The zero-order valence-electron chi connectivity index (χ0n) is 10.2. The van der Waals surface area contributed by atoms with Crippen molar-refractivity contribution in [3.63, 3.8) is 0 Å². The summed E-state index contributed by atoms with van der Waals surface area (Å²) < 4.78 is 5.20. The van der Waals surface area contributed by atoms with Crippen molar-refractivity contribution in [2.45, 2.75) is 39.0 Å². The third-order valence-electron chi connectivity index (χ3n) is 5.14. The summed E-state index contributed by atoms with van der Waals surface area (Å²) in [5.74, 6) is 2.64. The van der Waals surface area contributed by atoms with Gasteiger partial charge in [-0.25, -0.2) is 0 Å². The molecule has 2 heteroatoms. The predicted octanol–water partition coefficient (Wildman–Crippen LogP) is 2.42. The van der Waals surface area contributed by atoms with Crippen molar-refractivity contribution in [2.75, 3.05) is 20.3 Å². The summed E-state index contributed by atoms with van der Waals surface area (Å²) in [6, 6.07) is 0. The maximum atomic E-state index is 6.09. The minimum atomic E-state index is 0.460. The second kappa shape index (κ2) is 4.42. The van der Waals surface area contributed by atoms with Crippen LogP contribution in [-0.2, 0) is 4.74 Å². The fourth-order valence-electron chi connectivity index (χ4n) is 4.12. The highest BCUT2D eigenvalue weighted by atomic mass is 16.5. The van der Waals surface area contributed by atoms with Gasteiger partial charge in [-0.1, -0.05) is 13.3 Å². The number of methoxy groups -OCH3 is 1. The molecule has 0 radical (unpaired) electrons. The van der Waals surface area contributed by atoms with Crippen LogP contribution in [0.5, 0.6) is 0 Å². The number of hydrogen-bond acceptors (Lipinski definition) is 2. The Balaban J connectivity index is 2.02. The molecule has 2 saturated carbocycles. The third kappa shape index (κ3) is 1.83. The van der Waals surface area contributed by atoms with Gasteiger partial charge in [-0.05, 0) is 55.4 Å². The molecule has 4 atom stereocenters. The molecule has 0 aromatic carbocycles. The number of rotatable bonds is 5. The number of nitrogens with two attached hydrogens (primary N) is 1. The van der Waals surface area contributed by atoms with Gasteiger partial charge in [0.05, 0.1) is 0 Å². The molecule has 0 amide bonds. The number of ether oxygens (including phenoxy) is 1. The second-order valence-corrected chi connectivity index (χ2v) is 5.70. The Kier molecular flexibility index (Phi) is 3.36. The normalized spacial score (nSPS) is 41.0. The lowest BCUT2D eigenvalue weighted by Crippen LogP contribution is -2.41. The fraction of sp³-hybridized carbons (Fsp3) is 1.00. The maximum absolute atomic E-state index is 6.09. The second-order valence-electron chi connectivity index (χ2n) is 5.70. The Morgan fingerprint density at radius 3 is 2.73 bits per heavy atom. The van der Waals surface area contributed by atoms with Gasteiger partial charge < -0.3 is 10.5 Å². The molecule has 2 aliphatic rings. The Hall–Kier alpha value is -0.0800. The highest BCUT2D eigenvalue weighted by Gasteiger charge is 2.52. The summed E-state index contributed by atoms with van der Waals surface area (Å²) in [6.07, 6.45) is 6.91. The Morgan fingerprint density at radius 2 is 2.27 bits per heavy atom. The summed E-state index contributed by atoms with van der Waals surface area (Å²) >= 11 is 0. The van der Waals surface area contributed by atoms with Crippen molar-refractivity contribution in [2.24, 2.45) is 28.9 Å². The smallest absolute Gasteiger partial charge is 0.0465 e. The number of hydrogen-bond donors (Lipinski definition) is 1. The van der Waals surface area contributed by atoms with Crippen LogP contribution in [0, 0.1) is 23.2 Å². The van der Waals surface area contributed by atoms with E-state index in [1.807, 2.05) is 0 Å². The van der Waals surface area contributed by atoms with E-state index in [0.717, 1.165) is 30.9 Å². The average molecular weight is 211 g/mol. The molecule has 0 saturated heterocycles. The van der Waals surface area contributed by atoms with E-state index in [-0.39, 0.29) is 0 Å². The van der Waals surface area contributed by atoms with E-state index in [1.54, 1.807) is 7.11 Å². The van der Waals surface area contributed by atoms with Crippen molar-refractivity contribution in [3.05, 3.63) is 0 Å². The summed E-state index contributed by atoms with van der Waals surface area (Å²) in [5, 5.41) is 0. The molecule has 2 nitrogen and oxygen atoms in total. The van der Waals surface area contributed by atoms with Gasteiger partial charge in [0, 0.05) is 13.7 Å². The molecule has 2 aliphatic carbocycles. The molecule has 2 bridgehead atoms. The average Bonchev–Trinajstić information content (AvgIpc) is 2.85. The minimum Gasteiger partial charge on any atom is -0.385 e. The van der Waals surface area contributed by atoms with E-state index >= 15 is 0 Å². The first-order chi connectivity index (χ1) is 7.23. The van der Waals surface area contributed by atoms with E-state index < -0.39 is 0 Å². The molecule has 0 spiro atoms. The molecule has 0 aliphatic heterocycles. The van der Waals surface area contributed by atoms with E-state index in [1.165, 1.54) is 32.1 Å². The summed E-state index contributed by atoms with van der Waals surface area (Å²) in [6.45, 7) is 4.16. The molecule has 0 heterocycles. The third-order valence-corrected chi connectivity index (χ3v) is 5.14. The van der Waals surface area contributed by atoms with Crippen LogP contribution in [0.25, 0.3) is 0 Å². The highest BCUT2D eigenvalue weighted by molar-refractivity contribution is 5.03. The van der Waals surface area contributed by atoms with Crippen LogP contribution in [0.1, 0.15) is 39.0 Å². The molecular weight excluding hydrogens is 186 g/mol. The first kappa shape index (κ1) is 11.4. The van der Waals surface area contributed by atoms with Crippen molar-refractivity contribution >= 4 is 0 Å². The fourth-order valence-corrected chi connectivity index (χ4v) is 4.12. The maximum Gasteiger partial charge on any atom is 0.0465 e. The van der Waals surface area contributed by atoms with Gasteiger partial charge in [-0.2, -0.15) is 0 Å². The topological polar surface area (TPSA) is 35.2 Å². The van der Waals surface area contributed by atoms with E-state index in [2.05, 4.69) is 6.92 Å². The molecule has 0 aromatic rings. The van der Waals surface area contributed by atoms with Gasteiger partial charge in [0.2, 0.25) is 0 Å². The lowest BCUT2D eigenvalue weighted by molar-refractivity contribution is 0.0659.